The fourth-order valence-corrected chi connectivity index (χ4v) is 1.38. The molecule has 84 valence electrons. The molecule has 0 spiro atoms. The first kappa shape index (κ1) is 10.6. The van der Waals surface area contributed by atoms with Gasteiger partial charge in [-0.15, -0.1) is 5.10 Å². The fourth-order valence-electron chi connectivity index (χ4n) is 1.38. The molecule has 2 heterocycles. The highest BCUT2D eigenvalue weighted by Gasteiger charge is 2.05. The zero-order valence-electron chi connectivity index (χ0n) is 9.13. The van der Waals surface area contributed by atoms with Crippen molar-refractivity contribution < 1.29 is 4.42 Å². The Morgan fingerprint density at radius 3 is 2.75 bits per heavy atom. The maximum Gasteiger partial charge on any atom is 0.151 e. The second-order valence-electron chi connectivity index (χ2n) is 3.52. The third-order valence-electron chi connectivity index (χ3n) is 2.28. The Balaban J connectivity index is 2.05. The zero-order chi connectivity index (χ0) is 11.4. The van der Waals surface area contributed by atoms with E-state index in [4.69, 9.17) is 10.2 Å². The van der Waals surface area contributed by atoms with Gasteiger partial charge >= 0.3 is 0 Å². The van der Waals surface area contributed by atoms with Gasteiger partial charge in [0.15, 0.2) is 5.82 Å². The van der Waals surface area contributed by atoms with Gasteiger partial charge in [-0.2, -0.15) is 5.10 Å². The summed E-state index contributed by atoms with van der Waals surface area (Å²) in [5.41, 5.74) is 6.24. The molecular formula is C11H14N4O. The highest BCUT2D eigenvalue weighted by molar-refractivity contribution is 5.36. The Kier molecular flexibility index (Phi) is 3.16. The van der Waals surface area contributed by atoms with Crippen LogP contribution in [0.5, 0.6) is 0 Å². The van der Waals surface area contributed by atoms with Gasteiger partial charge in [0, 0.05) is 13.6 Å². The number of nitrogens with zero attached hydrogens (tertiary/aromatic N) is 3. The van der Waals surface area contributed by atoms with E-state index in [0.717, 1.165) is 17.3 Å². The van der Waals surface area contributed by atoms with Crippen LogP contribution in [0.3, 0.4) is 0 Å². The van der Waals surface area contributed by atoms with Gasteiger partial charge in [-0.1, -0.05) is 0 Å². The molecule has 0 amide bonds. The molecule has 0 atom stereocenters. The number of anilines is 1. The molecule has 5 heteroatoms. The summed E-state index contributed by atoms with van der Waals surface area (Å²) in [5.74, 6) is 1.70. The highest BCUT2D eigenvalue weighted by Crippen LogP contribution is 2.11. The Hall–Kier alpha value is -1.88. The third kappa shape index (κ3) is 2.38. The van der Waals surface area contributed by atoms with Gasteiger partial charge in [0.1, 0.15) is 5.76 Å². The summed E-state index contributed by atoms with van der Waals surface area (Å²) in [6.07, 6.45) is 1.66. The van der Waals surface area contributed by atoms with E-state index in [1.54, 1.807) is 6.26 Å². The molecule has 2 aromatic rings. The average molecular weight is 218 g/mol. The van der Waals surface area contributed by atoms with Gasteiger partial charge in [0.25, 0.3) is 0 Å². The molecule has 0 aliphatic heterocycles. The topological polar surface area (TPSA) is 68.2 Å². The van der Waals surface area contributed by atoms with E-state index in [0.29, 0.717) is 13.1 Å². The number of aromatic nitrogens is 2. The second-order valence-corrected chi connectivity index (χ2v) is 3.52. The molecule has 2 rings (SSSR count). The van der Waals surface area contributed by atoms with Gasteiger partial charge in [0.05, 0.1) is 18.5 Å². The smallest absolute Gasteiger partial charge is 0.151 e. The van der Waals surface area contributed by atoms with Crippen LogP contribution in [0.2, 0.25) is 0 Å². The maximum absolute atomic E-state index is 5.45. The molecule has 0 radical (unpaired) electrons. The Bertz CT molecular complexity index is 424. The largest absolute Gasteiger partial charge is 0.467 e. The van der Waals surface area contributed by atoms with Gasteiger partial charge in [-0.25, -0.2) is 0 Å². The highest BCUT2D eigenvalue weighted by atomic mass is 16.3. The van der Waals surface area contributed by atoms with E-state index in [-0.39, 0.29) is 0 Å². The predicted molar refractivity (Wildman–Crippen MR) is 60.7 cm³/mol. The second kappa shape index (κ2) is 4.76. The molecule has 0 saturated carbocycles. The summed E-state index contributed by atoms with van der Waals surface area (Å²) in [7, 11) is 1.94. The van der Waals surface area contributed by atoms with E-state index in [1.165, 1.54) is 0 Å². The lowest BCUT2D eigenvalue weighted by Gasteiger charge is -2.15. The molecule has 2 aromatic heterocycles. The minimum Gasteiger partial charge on any atom is -0.467 e. The van der Waals surface area contributed by atoms with Gasteiger partial charge in [0.2, 0.25) is 0 Å². The quantitative estimate of drug-likeness (QED) is 0.834. The van der Waals surface area contributed by atoms with Gasteiger partial charge in [-0.05, 0) is 24.3 Å². The molecule has 16 heavy (non-hydrogen) atoms. The summed E-state index contributed by atoms with van der Waals surface area (Å²) >= 11 is 0. The lowest BCUT2D eigenvalue weighted by atomic mass is 10.3. The molecule has 5 nitrogen and oxygen atoms in total. The van der Waals surface area contributed by atoms with Crippen LogP contribution in [0.4, 0.5) is 5.82 Å². The molecule has 0 aliphatic rings. The van der Waals surface area contributed by atoms with Crippen LogP contribution in [0.1, 0.15) is 11.5 Å². The van der Waals surface area contributed by atoms with Crippen molar-refractivity contribution in [2.24, 2.45) is 5.73 Å². The monoisotopic (exact) mass is 218 g/mol. The summed E-state index contributed by atoms with van der Waals surface area (Å²) in [6.45, 7) is 1.08. The van der Waals surface area contributed by atoms with Crippen LogP contribution in [0, 0.1) is 0 Å². The normalized spacial score (nSPS) is 10.4. The van der Waals surface area contributed by atoms with E-state index in [9.17, 15) is 0 Å². The first-order valence-electron chi connectivity index (χ1n) is 5.06. The van der Waals surface area contributed by atoms with Crippen molar-refractivity contribution in [2.45, 2.75) is 13.1 Å². The molecule has 0 unspecified atom stereocenters. The van der Waals surface area contributed by atoms with Crippen LogP contribution in [-0.4, -0.2) is 17.2 Å². The van der Waals surface area contributed by atoms with E-state index >= 15 is 0 Å². The standard InChI is InChI=1S/C11H14N4O/c1-15(8-10-3-2-6-16-10)11-5-4-9(7-12)13-14-11/h2-6H,7-8,12H2,1H3. The Labute approximate surface area is 93.9 Å². The molecular weight excluding hydrogens is 204 g/mol. The number of hydrogen-bond donors (Lipinski definition) is 1. The molecule has 2 N–H and O–H groups in total. The SMILES string of the molecule is CN(Cc1ccco1)c1ccc(CN)nn1. The van der Waals surface area contributed by atoms with Crippen molar-refractivity contribution in [3.63, 3.8) is 0 Å². The van der Waals surface area contributed by atoms with Gasteiger partial charge in [-0.3, -0.25) is 0 Å². The number of furan rings is 1. The Morgan fingerprint density at radius 1 is 1.31 bits per heavy atom. The number of rotatable bonds is 4. The van der Waals surface area contributed by atoms with Crippen LogP contribution in [0.25, 0.3) is 0 Å². The minimum atomic E-state index is 0.412. The van der Waals surface area contributed by atoms with Crippen LogP contribution in [0.15, 0.2) is 34.9 Å². The summed E-state index contributed by atoms with van der Waals surface area (Å²) < 4.78 is 5.26. The van der Waals surface area contributed by atoms with E-state index in [2.05, 4.69) is 10.2 Å². The van der Waals surface area contributed by atoms with Crippen LogP contribution in [-0.2, 0) is 13.1 Å². The van der Waals surface area contributed by atoms with Crippen LogP contribution < -0.4 is 10.6 Å². The van der Waals surface area contributed by atoms with E-state index < -0.39 is 0 Å². The summed E-state index contributed by atoms with van der Waals surface area (Å²) in [4.78, 5) is 1.96. The van der Waals surface area contributed by atoms with Crippen molar-refractivity contribution in [3.8, 4) is 0 Å². The predicted octanol–water partition coefficient (Wildman–Crippen LogP) is 1.16. The molecule has 0 aromatic carbocycles. The first-order chi connectivity index (χ1) is 7.79. The zero-order valence-corrected chi connectivity index (χ0v) is 9.13. The average Bonchev–Trinajstić information content (AvgIpc) is 2.82. The van der Waals surface area contributed by atoms with Crippen molar-refractivity contribution in [3.05, 3.63) is 42.0 Å². The van der Waals surface area contributed by atoms with E-state index in [1.807, 2.05) is 36.2 Å². The molecule has 0 aliphatic carbocycles. The fraction of sp³-hybridized carbons (Fsp3) is 0.273. The lowest BCUT2D eigenvalue weighted by Crippen LogP contribution is -2.18. The number of nitrogens with two attached hydrogens (primary N) is 1. The van der Waals surface area contributed by atoms with Crippen molar-refractivity contribution in [1.29, 1.82) is 0 Å². The first-order valence-corrected chi connectivity index (χ1v) is 5.06. The summed E-state index contributed by atoms with van der Waals surface area (Å²) in [6, 6.07) is 7.57. The molecule has 0 fully saturated rings. The summed E-state index contributed by atoms with van der Waals surface area (Å²) in [5, 5.41) is 8.08. The number of hydrogen-bond acceptors (Lipinski definition) is 5. The van der Waals surface area contributed by atoms with Crippen molar-refractivity contribution in [2.75, 3.05) is 11.9 Å². The van der Waals surface area contributed by atoms with Crippen LogP contribution >= 0.6 is 0 Å². The third-order valence-corrected chi connectivity index (χ3v) is 2.28. The molecule has 0 bridgehead atoms. The van der Waals surface area contributed by atoms with Gasteiger partial charge < -0.3 is 15.1 Å². The van der Waals surface area contributed by atoms with Crippen molar-refractivity contribution in [1.82, 2.24) is 10.2 Å². The lowest BCUT2D eigenvalue weighted by molar-refractivity contribution is 0.506. The van der Waals surface area contributed by atoms with Crippen molar-refractivity contribution >= 4 is 5.82 Å². The Morgan fingerprint density at radius 2 is 2.19 bits per heavy atom. The minimum absolute atomic E-state index is 0.412. The molecule has 0 saturated heterocycles. The maximum atomic E-state index is 5.45.